The van der Waals surface area contributed by atoms with E-state index in [0.717, 1.165) is 23.7 Å². The van der Waals surface area contributed by atoms with E-state index in [4.69, 9.17) is 4.74 Å². The fourth-order valence-corrected chi connectivity index (χ4v) is 1.03. The zero-order valence-corrected chi connectivity index (χ0v) is 5.61. The van der Waals surface area contributed by atoms with Gasteiger partial charge in [-0.3, -0.25) is 0 Å². The van der Waals surface area contributed by atoms with Gasteiger partial charge in [0.1, 0.15) is 0 Å². The van der Waals surface area contributed by atoms with Gasteiger partial charge in [0.2, 0.25) is 0 Å². The number of hydrogen-bond donors (Lipinski definition) is 1. The highest BCUT2D eigenvalue weighted by Crippen LogP contribution is 2.03. The summed E-state index contributed by atoms with van der Waals surface area (Å²) in [4.78, 5) is 0. The molecule has 0 radical (unpaired) electrons. The smallest absolute Gasteiger partial charge is 0.168 e. The summed E-state index contributed by atoms with van der Waals surface area (Å²) < 4.78 is 5.11. The van der Waals surface area contributed by atoms with Gasteiger partial charge in [0.05, 0.1) is 6.61 Å². The van der Waals surface area contributed by atoms with Crippen LogP contribution in [0.1, 0.15) is 6.92 Å². The summed E-state index contributed by atoms with van der Waals surface area (Å²) in [7, 11) is 0. The van der Waals surface area contributed by atoms with Crippen LogP contribution in [-0.2, 0) is 4.74 Å². The van der Waals surface area contributed by atoms with Crippen LogP contribution in [0.15, 0.2) is 17.2 Å². The molecule has 0 amide bonds. The van der Waals surface area contributed by atoms with E-state index in [1.165, 1.54) is 0 Å². The second kappa shape index (κ2) is 2.75. The lowest BCUT2D eigenvalue weighted by Gasteiger charge is -1.94. The Hall–Kier alpha value is -0.460. The molecule has 0 N–H and O–H groups in total. The molecule has 1 aliphatic heterocycles. The summed E-state index contributed by atoms with van der Waals surface area (Å²) >= 11 is 1.12. The van der Waals surface area contributed by atoms with Crippen molar-refractivity contribution < 1.29 is 4.74 Å². The lowest BCUT2D eigenvalue weighted by Crippen LogP contribution is -1.85. The molecular formula is C6H8OS. The van der Waals surface area contributed by atoms with E-state index < -0.39 is 0 Å². The molecule has 0 saturated carbocycles. The second-order valence-electron chi connectivity index (χ2n) is 1.35. The van der Waals surface area contributed by atoms with Gasteiger partial charge in [-0.15, -0.1) is 11.4 Å². The fraction of sp³-hybridized carbons (Fsp3) is 0.333. The van der Waals surface area contributed by atoms with E-state index in [1.54, 1.807) is 0 Å². The van der Waals surface area contributed by atoms with E-state index in [1.807, 2.05) is 18.4 Å². The maximum Gasteiger partial charge on any atom is 0.168 e. The lowest BCUT2D eigenvalue weighted by molar-refractivity contribution is 0.248. The molecule has 0 spiro atoms. The average Bonchev–Trinajstić information content (AvgIpc) is 2.19. The molecule has 0 aromatic rings. The number of rotatable bonds is 2. The maximum atomic E-state index is 5.11. The van der Waals surface area contributed by atoms with Crippen molar-refractivity contribution in [1.29, 1.82) is 0 Å². The molecule has 0 bridgehead atoms. The molecule has 0 atom stereocenters. The molecule has 1 heterocycles. The van der Waals surface area contributed by atoms with Crippen molar-refractivity contribution >= 4 is 16.4 Å². The second-order valence-corrected chi connectivity index (χ2v) is 2.13. The van der Waals surface area contributed by atoms with Crippen LogP contribution in [0.5, 0.6) is 0 Å². The van der Waals surface area contributed by atoms with Gasteiger partial charge in [-0.1, -0.05) is 0 Å². The standard InChI is InChI=1S/C6H8OS/c1-2-7-6-3-4-8-5-6/h3-4,8H,2H2,1H3. The van der Waals surface area contributed by atoms with E-state index in [-0.39, 0.29) is 0 Å². The fourth-order valence-electron chi connectivity index (χ4n) is 0.479. The molecule has 0 saturated heterocycles. The summed E-state index contributed by atoms with van der Waals surface area (Å²) in [6.07, 6.45) is 1.94. The molecule has 1 nitrogen and oxygen atoms in total. The summed E-state index contributed by atoms with van der Waals surface area (Å²) in [6.45, 7) is 2.71. The first kappa shape index (κ1) is 5.67. The van der Waals surface area contributed by atoms with Crippen molar-refractivity contribution in [3.05, 3.63) is 17.2 Å². The first-order chi connectivity index (χ1) is 3.93. The predicted molar refractivity (Wildman–Crippen MR) is 38.3 cm³/mol. The van der Waals surface area contributed by atoms with Crippen molar-refractivity contribution in [2.45, 2.75) is 6.92 Å². The van der Waals surface area contributed by atoms with Crippen LogP contribution in [0, 0.1) is 0 Å². The van der Waals surface area contributed by atoms with Gasteiger partial charge in [-0.25, -0.2) is 0 Å². The highest BCUT2D eigenvalue weighted by atomic mass is 32.1. The third-order valence-electron chi connectivity index (χ3n) is 0.775. The molecule has 0 aromatic heterocycles. The molecule has 0 unspecified atom stereocenters. The Kier molecular flexibility index (Phi) is 1.95. The van der Waals surface area contributed by atoms with Gasteiger partial charge >= 0.3 is 0 Å². The van der Waals surface area contributed by atoms with Gasteiger partial charge in [-0.05, 0) is 23.4 Å². The molecule has 1 aliphatic rings. The first-order valence-corrected chi connectivity index (χ1v) is 3.52. The highest BCUT2D eigenvalue weighted by Gasteiger charge is 1.89. The average molecular weight is 128 g/mol. The van der Waals surface area contributed by atoms with Gasteiger partial charge < -0.3 is 4.74 Å². The Morgan fingerprint density at radius 3 is 3.25 bits per heavy atom. The van der Waals surface area contributed by atoms with Gasteiger partial charge in [0, 0.05) is 0 Å². The van der Waals surface area contributed by atoms with Crippen LogP contribution in [0.3, 0.4) is 0 Å². The lowest BCUT2D eigenvalue weighted by atomic mass is 10.5. The number of thiol groups is 1. The zero-order valence-electron chi connectivity index (χ0n) is 4.72. The predicted octanol–water partition coefficient (Wildman–Crippen LogP) is 1.30. The van der Waals surface area contributed by atoms with Crippen molar-refractivity contribution in [2.24, 2.45) is 0 Å². The largest absolute Gasteiger partial charge is 0.486 e. The van der Waals surface area contributed by atoms with Crippen molar-refractivity contribution in [2.75, 3.05) is 6.61 Å². The highest BCUT2D eigenvalue weighted by molar-refractivity contribution is 8.00. The quantitative estimate of drug-likeness (QED) is 0.435. The van der Waals surface area contributed by atoms with E-state index >= 15 is 0 Å². The summed E-state index contributed by atoms with van der Waals surface area (Å²) in [5.74, 6) is 0.883. The molecule has 0 aliphatic carbocycles. The first-order valence-electron chi connectivity index (χ1n) is 2.55. The van der Waals surface area contributed by atoms with E-state index in [2.05, 4.69) is 5.02 Å². The molecule has 0 aromatic carbocycles. The van der Waals surface area contributed by atoms with Crippen LogP contribution < -0.4 is 0 Å². The van der Waals surface area contributed by atoms with Crippen LogP contribution in [0.4, 0.5) is 0 Å². The molecular weight excluding hydrogens is 120 g/mol. The molecule has 1 rings (SSSR count). The number of allylic oxidation sites excluding steroid dienone is 1. The van der Waals surface area contributed by atoms with E-state index in [0.29, 0.717) is 0 Å². The Balaban J connectivity index is 2.48. The van der Waals surface area contributed by atoms with Crippen molar-refractivity contribution in [3.63, 3.8) is 0 Å². The molecule has 44 valence electrons. The van der Waals surface area contributed by atoms with Gasteiger partial charge in [0.25, 0.3) is 0 Å². The molecule has 0 fully saturated rings. The van der Waals surface area contributed by atoms with Crippen molar-refractivity contribution in [1.82, 2.24) is 0 Å². The maximum absolute atomic E-state index is 5.11. The summed E-state index contributed by atoms with van der Waals surface area (Å²) in [5.41, 5.74) is 0. The van der Waals surface area contributed by atoms with Gasteiger partial charge in [0.15, 0.2) is 5.76 Å². The van der Waals surface area contributed by atoms with Crippen molar-refractivity contribution in [3.8, 4) is 0 Å². The number of hydrogen-bond acceptors (Lipinski definition) is 1. The third-order valence-corrected chi connectivity index (χ3v) is 1.42. The topological polar surface area (TPSA) is 9.23 Å². The zero-order chi connectivity index (χ0) is 5.82. The number of ether oxygens (including phenoxy) is 1. The minimum atomic E-state index is 0.738. The van der Waals surface area contributed by atoms with Crippen LogP contribution >= 0.6 is 11.4 Å². The normalized spacial score (nSPS) is 15.4. The van der Waals surface area contributed by atoms with Crippen LogP contribution in [-0.4, -0.2) is 11.6 Å². The third kappa shape index (κ3) is 1.25. The van der Waals surface area contributed by atoms with Gasteiger partial charge in [-0.2, -0.15) is 0 Å². The Bertz CT molecular complexity index is 163. The Morgan fingerprint density at radius 1 is 1.88 bits per heavy atom. The minimum Gasteiger partial charge on any atom is -0.486 e. The Morgan fingerprint density at radius 2 is 2.75 bits per heavy atom. The molecule has 2 heteroatoms. The SMILES string of the molecule is CCOC1=C=[SH]C=C1. The summed E-state index contributed by atoms with van der Waals surface area (Å²) in [5, 5.41) is 5.02. The van der Waals surface area contributed by atoms with Crippen LogP contribution in [0.25, 0.3) is 0 Å². The van der Waals surface area contributed by atoms with E-state index in [9.17, 15) is 0 Å². The molecule has 8 heavy (non-hydrogen) atoms. The van der Waals surface area contributed by atoms with Crippen LogP contribution in [0.2, 0.25) is 0 Å². The minimum absolute atomic E-state index is 0.738. The Labute approximate surface area is 52.6 Å². The summed E-state index contributed by atoms with van der Waals surface area (Å²) in [6, 6.07) is 0. The monoisotopic (exact) mass is 128 g/mol.